The zero-order chi connectivity index (χ0) is 87.4. The molecule has 0 radical (unpaired) electrons. The molecule has 0 aliphatic carbocycles. The third kappa shape index (κ3) is 14.4. The van der Waals surface area contributed by atoms with Crippen LogP contribution in [0.2, 0.25) is 0 Å². The molecule has 6 nitrogen and oxygen atoms in total. The molecular formula is C123H96N6. The van der Waals surface area contributed by atoms with Crippen molar-refractivity contribution in [3.8, 4) is 151 Å². The highest BCUT2D eigenvalue weighted by atomic mass is 15.0. The predicted octanol–water partition coefficient (Wildman–Crippen LogP) is 33.1. The Labute approximate surface area is 754 Å². The lowest BCUT2D eigenvalue weighted by atomic mass is 9.83. The van der Waals surface area contributed by atoms with Crippen molar-refractivity contribution in [3.63, 3.8) is 0 Å². The summed E-state index contributed by atoms with van der Waals surface area (Å²) in [6.45, 7) is 20.5. The molecule has 6 aromatic heterocycles. The van der Waals surface area contributed by atoms with E-state index in [4.69, 9.17) is 15.0 Å². The molecule has 0 N–H and O–H groups in total. The Morgan fingerprint density at radius 1 is 0.163 bits per heavy atom. The SMILES string of the molecule is CC(C)(C)c1ccnc(-c2ccc(-c3ccccc3-c3cc(-c4ccccc4-c4ccc(-c5cc(C(C)(C)C)ccn5)cc4-c4ccc5c(c4)c4ccccc4n5-c4ccccc4)cc(-c4ccccc4-c4ccc(-c5cc(C(C)(C)C)ccn5)cc4-c4ccc5c6ccccc6n(-c6ccccc6)c5c4)c3)c(-c3ccc4c(c3)c3ccccc3n4-c3ccccc3)c2)c1. The van der Waals surface area contributed by atoms with Crippen LogP contribution in [-0.4, -0.2) is 28.7 Å². The summed E-state index contributed by atoms with van der Waals surface area (Å²) in [6.07, 6.45) is 5.92. The number of hydrogen-bond donors (Lipinski definition) is 0. The smallest absolute Gasteiger partial charge is 0.0705 e. The molecule has 129 heavy (non-hydrogen) atoms. The van der Waals surface area contributed by atoms with Gasteiger partial charge in [-0.3, -0.25) is 15.0 Å². The van der Waals surface area contributed by atoms with E-state index in [1.165, 1.54) is 49.0 Å². The molecule has 0 aliphatic rings. The van der Waals surface area contributed by atoms with Gasteiger partial charge < -0.3 is 13.7 Å². The minimum Gasteiger partial charge on any atom is -0.309 e. The third-order valence-corrected chi connectivity index (χ3v) is 26.3. The Morgan fingerprint density at radius 3 is 0.760 bits per heavy atom. The van der Waals surface area contributed by atoms with Crippen LogP contribution in [0.1, 0.15) is 79.0 Å². The number of pyridine rings is 3. The first-order valence-electron chi connectivity index (χ1n) is 44.9. The van der Waals surface area contributed by atoms with Crippen molar-refractivity contribution < 1.29 is 0 Å². The Bertz CT molecular complexity index is 7830. The number of aromatic nitrogens is 6. The Kier molecular flexibility index (Phi) is 19.5. The maximum absolute atomic E-state index is 5.15. The molecule has 0 bridgehead atoms. The second-order valence-electron chi connectivity index (χ2n) is 37.5. The first kappa shape index (κ1) is 79.3. The molecule has 0 saturated heterocycles. The maximum Gasteiger partial charge on any atom is 0.0705 e. The minimum atomic E-state index is -0.0972. The van der Waals surface area contributed by atoms with Gasteiger partial charge in [-0.1, -0.05) is 305 Å². The molecule has 0 unspecified atom stereocenters. The second-order valence-corrected chi connectivity index (χ2v) is 37.5. The monoisotopic (exact) mass is 1660 g/mol. The topological polar surface area (TPSA) is 53.5 Å². The summed E-state index contributed by atoms with van der Waals surface area (Å²) in [7, 11) is 0. The zero-order valence-corrected chi connectivity index (χ0v) is 74.0. The van der Waals surface area contributed by atoms with Gasteiger partial charge in [0.1, 0.15) is 0 Å². The van der Waals surface area contributed by atoms with Crippen molar-refractivity contribution in [1.29, 1.82) is 0 Å². The van der Waals surface area contributed by atoms with Gasteiger partial charge in [0.25, 0.3) is 0 Å². The van der Waals surface area contributed by atoms with Crippen LogP contribution in [-0.2, 0) is 16.2 Å². The van der Waals surface area contributed by atoms with E-state index in [9.17, 15) is 0 Å². The molecule has 6 heterocycles. The Balaban J connectivity index is 0.789. The molecule has 16 aromatic carbocycles. The fourth-order valence-corrected chi connectivity index (χ4v) is 19.7. The molecule has 0 saturated carbocycles. The molecule has 0 fully saturated rings. The van der Waals surface area contributed by atoms with Crippen LogP contribution in [0.4, 0.5) is 0 Å². The number of rotatable bonds is 15. The van der Waals surface area contributed by atoms with Crippen molar-refractivity contribution in [2.24, 2.45) is 0 Å². The number of benzene rings is 16. The summed E-state index contributed by atoms with van der Waals surface area (Å²) in [5.41, 5.74) is 39.3. The second kappa shape index (κ2) is 31.8. The van der Waals surface area contributed by atoms with E-state index >= 15 is 0 Å². The highest BCUT2D eigenvalue weighted by Gasteiger charge is 2.27. The minimum absolute atomic E-state index is 0.0955. The maximum atomic E-state index is 5.15. The molecule has 6 heteroatoms. The van der Waals surface area contributed by atoms with Crippen molar-refractivity contribution in [3.05, 3.63) is 436 Å². The number of fused-ring (bicyclic) bond motifs is 9. The molecule has 0 spiro atoms. The fraction of sp³-hybridized carbons (Fsp3) is 0.0976. The van der Waals surface area contributed by atoms with Gasteiger partial charge in [-0.2, -0.15) is 0 Å². The number of hydrogen-bond acceptors (Lipinski definition) is 3. The molecule has 22 rings (SSSR count). The molecular weight excluding hydrogens is 1560 g/mol. The fourth-order valence-electron chi connectivity index (χ4n) is 19.7. The molecule has 0 aliphatic heterocycles. The van der Waals surface area contributed by atoms with Crippen LogP contribution in [0.25, 0.3) is 216 Å². The third-order valence-electron chi connectivity index (χ3n) is 26.3. The highest BCUT2D eigenvalue weighted by Crippen LogP contribution is 2.51. The van der Waals surface area contributed by atoms with E-state index < -0.39 is 0 Å². The van der Waals surface area contributed by atoms with Gasteiger partial charge in [-0.25, -0.2) is 0 Å². The summed E-state index contributed by atoms with van der Waals surface area (Å²) >= 11 is 0. The molecule has 22 aromatic rings. The lowest BCUT2D eigenvalue weighted by Crippen LogP contribution is -2.11. The standard InChI is InChI=1S/C123H96N6/c1-121(2,3)88-61-64-124-112(76-88)82-50-55-100(107(72-82)79-53-59-118-110(70-79)104-44-26-29-47-116(104)127(118)91-31-13-10-14-32-91)97-40-22-19-37-94(97)85-67-86(95-38-20-23-41-98(95)101-56-51-83(113-77-89(62-65-125-113)122(4,5)6)73-108(101)80-54-60-119-111(71-80)105-45-27-30-48-117(105)128(119)92-33-15-11-16-34-92)69-87(68-85)96-39-21-24-42-99(96)102-57-52-84(114-78-90(63-66-126-114)123(7,8)9)74-109(102)81-49-58-106-103-43-25-28-46-115(103)129(120(106)75-81)93-35-17-12-18-36-93/h10-78H,1-9H3. The zero-order valence-electron chi connectivity index (χ0n) is 74.0. The van der Waals surface area contributed by atoms with Crippen LogP contribution < -0.4 is 0 Å². The van der Waals surface area contributed by atoms with E-state index in [2.05, 4.69) is 476 Å². The summed E-state index contributed by atoms with van der Waals surface area (Å²) in [4.78, 5) is 15.5. The number of para-hydroxylation sites is 6. The molecule has 0 atom stereocenters. The summed E-state index contributed by atoms with van der Waals surface area (Å²) in [5, 5.41) is 7.15. The van der Waals surface area contributed by atoms with E-state index in [0.717, 1.165) is 184 Å². The summed E-state index contributed by atoms with van der Waals surface area (Å²) < 4.78 is 7.24. The first-order valence-corrected chi connectivity index (χ1v) is 44.9. The van der Waals surface area contributed by atoms with Crippen LogP contribution >= 0.6 is 0 Å². The van der Waals surface area contributed by atoms with Crippen LogP contribution in [0.15, 0.2) is 419 Å². The average Bonchev–Trinajstić information content (AvgIpc) is 1.64. The molecule has 0 amide bonds. The van der Waals surface area contributed by atoms with Gasteiger partial charge >= 0.3 is 0 Å². The lowest BCUT2D eigenvalue weighted by molar-refractivity contribution is 0.589. The Morgan fingerprint density at radius 2 is 0.419 bits per heavy atom. The van der Waals surface area contributed by atoms with Gasteiger partial charge in [0.2, 0.25) is 0 Å². The summed E-state index contributed by atoms with van der Waals surface area (Å²) in [6, 6.07) is 149. The van der Waals surface area contributed by atoms with E-state index in [-0.39, 0.29) is 16.2 Å². The molecule has 618 valence electrons. The van der Waals surface area contributed by atoms with Crippen molar-refractivity contribution in [1.82, 2.24) is 28.7 Å². The number of nitrogens with zero attached hydrogens (tertiary/aromatic N) is 6. The lowest BCUT2D eigenvalue weighted by Gasteiger charge is -2.21. The predicted molar refractivity (Wildman–Crippen MR) is 544 cm³/mol. The largest absolute Gasteiger partial charge is 0.309 e. The van der Waals surface area contributed by atoms with Gasteiger partial charge in [-0.05, 0) is 291 Å². The van der Waals surface area contributed by atoms with Gasteiger partial charge in [-0.15, -0.1) is 0 Å². The van der Waals surface area contributed by atoms with Gasteiger partial charge in [0.05, 0.1) is 50.2 Å². The summed E-state index contributed by atoms with van der Waals surface area (Å²) in [5.74, 6) is 0. The van der Waals surface area contributed by atoms with Crippen LogP contribution in [0.3, 0.4) is 0 Å². The van der Waals surface area contributed by atoms with Crippen molar-refractivity contribution in [2.75, 3.05) is 0 Å². The van der Waals surface area contributed by atoms with E-state index in [0.29, 0.717) is 0 Å². The van der Waals surface area contributed by atoms with Crippen LogP contribution in [0, 0.1) is 0 Å². The van der Waals surface area contributed by atoms with E-state index in [1.54, 1.807) is 0 Å². The van der Waals surface area contributed by atoms with Crippen LogP contribution in [0.5, 0.6) is 0 Å². The normalized spacial score (nSPS) is 12.1. The first-order chi connectivity index (χ1) is 62.9. The van der Waals surface area contributed by atoms with E-state index in [1.807, 2.05) is 18.6 Å². The van der Waals surface area contributed by atoms with Crippen molar-refractivity contribution >= 4 is 65.4 Å². The quantitative estimate of drug-likeness (QED) is 0.103. The van der Waals surface area contributed by atoms with Gasteiger partial charge in [0.15, 0.2) is 0 Å². The Hall–Kier alpha value is -15.6. The highest BCUT2D eigenvalue weighted by molar-refractivity contribution is 6.14. The van der Waals surface area contributed by atoms with Crippen molar-refractivity contribution in [2.45, 2.75) is 78.6 Å². The average molecular weight is 1660 g/mol. The van der Waals surface area contributed by atoms with Gasteiger partial charge in [0, 0.05) is 84.7 Å².